The quantitative estimate of drug-likeness (QED) is 0.696. The van der Waals surface area contributed by atoms with Crippen molar-refractivity contribution in [2.24, 2.45) is 40.4 Å². The van der Waals surface area contributed by atoms with Crippen molar-refractivity contribution in [2.75, 3.05) is 0 Å². The molecule has 0 aliphatic heterocycles. The highest BCUT2D eigenvalue weighted by atomic mass is 35.5. The zero-order valence-corrected chi connectivity index (χ0v) is 16.5. The average Bonchev–Trinajstić information content (AvgIpc) is 3.37. The van der Waals surface area contributed by atoms with Crippen molar-refractivity contribution in [1.29, 1.82) is 0 Å². The van der Waals surface area contributed by atoms with Crippen molar-refractivity contribution < 1.29 is 14.7 Å². The Bertz CT molecular complexity index is 793. The molecule has 0 radical (unpaired) electrons. The topological polar surface area (TPSA) is 54.4 Å². The van der Waals surface area contributed by atoms with E-state index in [0.717, 1.165) is 36.3 Å². The summed E-state index contributed by atoms with van der Waals surface area (Å²) in [5.74, 6) is 1.82. The molecule has 140 valence electrons. The second-order valence-corrected chi connectivity index (χ2v) is 10.4. The van der Waals surface area contributed by atoms with Crippen LogP contribution < -0.4 is 0 Å². The van der Waals surface area contributed by atoms with Crippen LogP contribution in [0.5, 0.6) is 0 Å². The molecule has 5 aliphatic rings. The molecular formula is C22H27ClO3. The van der Waals surface area contributed by atoms with E-state index in [2.05, 4.69) is 19.9 Å². The number of hydrogen-bond donors (Lipinski definition) is 1. The largest absolute Gasteiger partial charge is 0.382 e. The summed E-state index contributed by atoms with van der Waals surface area (Å²) in [5, 5.41) is 11.8. The van der Waals surface area contributed by atoms with Crippen LogP contribution in [0.1, 0.15) is 52.9 Å². The van der Waals surface area contributed by atoms with Crippen LogP contribution in [0.4, 0.5) is 0 Å². The minimum absolute atomic E-state index is 0.0158. The summed E-state index contributed by atoms with van der Waals surface area (Å²) in [5.41, 5.74) is -0.652. The fourth-order valence-corrected chi connectivity index (χ4v) is 7.67. The van der Waals surface area contributed by atoms with E-state index in [0.29, 0.717) is 18.3 Å². The first-order valence-corrected chi connectivity index (χ1v) is 10.4. The summed E-state index contributed by atoms with van der Waals surface area (Å²) in [6.07, 6.45) is 8.08. The van der Waals surface area contributed by atoms with Crippen LogP contribution in [0.15, 0.2) is 22.8 Å². The van der Waals surface area contributed by atoms with Gasteiger partial charge in [0.25, 0.3) is 0 Å². The van der Waals surface area contributed by atoms with E-state index < -0.39 is 11.0 Å². The Labute approximate surface area is 159 Å². The molecule has 4 heteroatoms. The first kappa shape index (κ1) is 17.2. The molecule has 26 heavy (non-hydrogen) atoms. The third kappa shape index (κ3) is 1.80. The summed E-state index contributed by atoms with van der Waals surface area (Å²) >= 11 is 6.74. The molecule has 1 N–H and O–H groups in total. The molecule has 0 aromatic heterocycles. The molecule has 5 aliphatic carbocycles. The van der Waals surface area contributed by atoms with Gasteiger partial charge in [-0.1, -0.05) is 31.5 Å². The number of rotatable bonds is 0. The lowest BCUT2D eigenvalue weighted by atomic mass is 9.43. The summed E-state index contributed by atoms with van der Waals surface area (Å²) < 4.78 is 0. The molecule has 0 saturated heterocycles. The molecule has 5 rings (SSSR count). The molecule has 0 aromatic rings. The van der Waals surface area contributed by atoms with E-state index in [1.165, 1.54) is 0 Å². The van der Waals surface area contributed by atoms with Gasteiger partial charge in [-0.2, -0.15) is 0 Å². The number of fused-ring (bicyclic) bond motifs is 7. The maximum absolute atomic E-state index is 12.4. The highest BCUT2D eigenvalue weighted by Gasteiger charge is 2.67. The summed E-state index contributed by atoms with van der Waals surface area (Å²) in [6, 6.07) is 0. The zero-order valence-electron chi connectivity index (χ0n) is 15.7. The second-order valence-electron chi connectivity index (χ2n) is 9.99. The number of Topliss-reactive ketones (excluding diaryl/α,β-unsaturated/α-hetero) is 1. The highest BCUT2D eigenvalue weighted by molar-refractivity contribution is 6.32. The van der Waals surface area contributed by atoms with E-state index in [4.69, 9.17) is 11.6 Å². The van der Waals surface area contributed by atoms with Gasteiger partial charge in [0.1, 0.15) is 5.60 Å². The number of carbonyl (C=O) groups is 2. The smallest absolute Gasteiger partial charge is 0.164 e. The first-order valence-electron chi connectivity index (χ1n) is 10.0. The van der Waals surface area contributed by atoms with E-state index in [9.17, 15) is 14.7 Å². The molecule has 8 atom stereocenters. The van der Waals surface area contributed by atoms with Crippen LogP contribution in [0, 0.1) is 40.4 Å². The van der Waals surface area contributed by atoms with E-state index in [1.807, 2.05) is 6.08 Å². The highest BCUT2D eigenvalue weighted by Crippen LogP contribution is 2.71. The summed E-state index contributed by atoms with van der Waals surface area (Å²) in [7, 11) is 0. The number of carbonyl (C=O) groups excluding carboxylic acids is 2. The average molecular weight is 375 g/mol. The van der Waals surface area contributed by atoms with Gasteiger partial charge in [-0.15, -0.1) is 0 Å². The number of ketones is 2. The van der Waals surface area contributed by atoms with Gasteiger partial charge in [0.15, 0.2) is 11.6 Å². The van der Waals surface area contributed by atoms with Gasteiger partial charge in [0.2, 0.25) is 0 Å². The van der Waals surface area contributed by atoms with Gasteiger partial charge in [-0.25, -0.2) is 0 Å². The van der Waals surface area contributed by atoms with Crippen LogP contribution >= 0.6 is 11.6 Å². The number of halogens is 1. The first-order chi connectivity index (χ1) is 12.1. The fraction of sp³-hybridized carbons (Fsp3) is 0.727. The number of aliphatic hydroxyl groups is 1. The molecule has 0 spiro atoms. The standard InChI is InChI=1S/C22H27ClO3/c1-20-7-6-14-11(13(20)4-5-19(25)22(20,3)26)9-17(23)16-10-18(24)12-8-15(12)21(14,16)2/h9-15,26H,4-8H2,1-3H3/t11-,12+,13-,14-,15-,20-,21-,22+/m0/s1. The Morgan fingerprint density at radius 3 is 2.58 bits per heavy atom. The van der Waals surface area contributed by atoms with Gasteiger partial charge in [-0.05, 0) is 67.9 Å². The van der Waals surface area contributed by atoms with Crippen molar-refractivity contribution in [3.63, 3.8) is 0 Å². The molecule has 0 heterocycles. The van der Waals surface area contributed by atoms with E-state index in [1.54, 1.807) is 6.92 Å². The molecule has 0 amide bonds. The predicted molar refractivity (Wildman–Crippen MR) is 99.4 cm³/mol. The zero-order chi connectivity index (χ0) is 18.6. The second kappa shape index (κ2) is 4.91. The van der Waals surface area contributed by atoms with Crippen molar-refractivity contribution in [1.82, 2.24) is 0 Å². The van der Waals surface area contributed by atoms with Crippen LogP contribution in [0.2, 0.25) is 0 Å². The third-order valence-corrected chi connectivity index (χ3v) is 9.55. The fourth-order valence-electron chi connectivity index (χ4n) is 7.27. The molecule has 3 nitrogen and oxygen atoms in total. The Kier molecular flexibility index (Phi) is 3.25. The monoisotopic (exact) mass is 374 g/mol. The minimum atomic E-state index is -1.26. The van der Waals surface area contributed by atoms with E-state index in [-0.39, 0.29) is 34.7 Å². The van der Waals surface area contributed by atoms with Gasteiger partial charge in [0, 0.05) is 28.2 Å². The Balaban J connectivity index is 1.63. The van der Waals surface area contributed by atoms with Gasteiger partial charge in [-0.3, -0.25) is 9.59 Å². The Morgan fingerprint density at radius 1 is 1.12 bits per heavy atom. The van der Waals surface area contributed by atoms with Gasteiger partial charge < -0.3 is 5.11 Å². The van der Waals surface area contributed by atoms with Crippen LogP contribution in [-0.4, -0.2) is 22.3 Å². The third-order valence-electron chi connectivity index (χ3n) is 9.22. The molecule has 3 fully saturated rings. The van der Waals surface area contributed by atoms with Crippen LogP contribution in [0.3, 0.4) is 0 Å². The molecule has 0 bridgehead atoms. The van der Waals surface area contributed by atoms with Crippen LogP contribution in [-0.2, 0) is 9.59 Å². The maximum Gasteiger partial charge on any atom is 0.164 e. The summed E-state index contributed by atoms with van der Waals surface area (Å²) in [6.45, 7) is 6.14. The maximum atomic E-state index is 12.4. The SMILES string of the molecule is C[C@@]12C(=CC(=O)[C@@H]3C[C@@H]31)C(Cl)=C[C@@H]1[C@@H]2CC[C@@]2(C)[C@H]1CCC(=O)[C@@]2(C)O. The lowest BCUT2D eigenvalue weighted by Crippen LogP contribution is -2.63. The van der Waals surface area contributed by atoms with Crippen molar-refractivity contribution >= 4 is 23.2 Å². The lowest BCUT2D eigenvalue weighted by Gasteiger charge is -2.61. The van der Waals surface area contributed by atoms with Crippen molar-refractivity contribution in [3.05, 3.63) is 22.8 Å². The number of allylic oxidation sites excluding steroid dienone is 4. The lowest BCUT2D eigenvalue weighted by molar-refractivity contribution is -0.182. The Hall–Kier alpha value is -0.930. The summed E-state index contributed by atoms with van der Waals surface area (Å²) in [4.78, 5) is 24.8. The molecule has 0 aromatic carbocycles. The Morgan fingerprint density at radius 2 is 1.85 bits per heavy atom. The predicted octanol–water partition coefficient (Wildman–Crippen LogP) is 4.04. The number of hydrogen-bond acceptors (Lipinski definition) is 3. The molecular weight excluding hydrogens is 348 g/mol. The van der Waals surface area contributed by atoms with Gasteiger partial charge >= 0.3 is 0 Å². The normalized spacial score (nSPS) is 55.0. The minimum Gasteiger partial charge on any atom is -0.382 e. The molecule has 0 unspecified atom stereocenters. The van der Waals surface area contributed by atoms with Crippen LogP contribution in [0.25, 0.3) is 0 Å². The molecule has 3 saturated carbocycles. The van der Waals surface area contributed by atoms with Crippen molar-refractivity contribution in [3.8, 4) is 0 Å². The van der Waals surface area contributed by atoms with E-state index >= 15 is 0 Å². The van der Waals surface area contributed by atoms with Gasteiger partial charge in [0.05, 0.1) is 0 Å². The van der Waals surface area contributed by atoms with Crippen molar-refractivity contribution in [2.45, 2.75) is 58.5 Å².